The van der Waals surface area contributed by atoms with Crippen molar-refractivity contribution in [1.82, 2.24) is 15.5 Å². The lowest BCUT2D eigenvalue weighted by Crippen LogP contribution is -2.24. The maximum Gasteiger partial charge on any atom is 0.272 e. The molecule has 1 amide bonds. The van der Waals surface area contributed by atoms with Crippen LogP contribution in [0.2, 0.25) is 0 Å². The second-order valence-corrected chi connectivity index (χ2v) is 6.52. The van der Waals surface area contributed by atoms with E-state index < -0.39 is 0 Å². The number of benzene rings is 2. The smallest absolute Gasteiger partial charge is 0.272 e. The van der Waals surface area contributed by atoms with Crippen molar-refractivity contribution < 1.29 is 4.79 Å². The second-order valence-electron chi connectivity index (χ2n) is 5.61. The van der Waals surface area contributed by atoms with Crippen LogP contribution in [0.15, 0.2) is 65.1 Å². The van der Waals surface area contributed by atoms with E-state index in [2.05, 4.69) is 36.8 Å². The molecule has 0 fully saturated rings. The zero-order valence-electron chi connectivity index (χ0n) is 13.7. The standard InChI is InChI=1S/C19H17BrN4O/c1-13-5-7-14(8-6-13)12-21-19(25)17-9-10-18(24-23-17)22-16-4-2-3-15(20)11-16/h2-11H,12H2,1H3,(H,21,25)(H,22,24). The van der Waals surface area contributed by atoms with Gasteiger partial charge < -0.3 is 10.6 Å². The van der Waals surface area contributed by atoms with Crippen LogP contribution in [0, 0.1) is 6.92 Å². The lowest BCUT2D eigenvalue weighted by Gasteiger charge is -2.07. The van der Waals surface area contributed by atoms with Crippen LogP contribution >= 0.6 is 15.9 Å². The summed E-state index contributed by atoms with van der Waals surface area (Å²) < 4.78 is 0.970. The van der Waals surface area contributed by atoms with Crippen molar-refractivity contribution in [2.75, 3.05) is 5.32 Å². The first-order chi connectivity index (χ1) is 12.1. The molecule has 5 nitrogen and oxygen atoms in total. The van der Waals surface area contributed by atoms with Crippen LogP contribution in [-0.2, 0) is 6.54 Å². The fourth-order valence-electron chi connectivity index (χ4n) is 2.21. The van der Waals surface area contributed by atoms with E-state index in [0.29, 0.717) is 12.4 Å². The van der Waals surface area contributed by atoms with Crippen molar-refractivity contribution >= 4 is 33.3 Å². The molecule has 0 radical (unpaired) electrons. The van der Waals surface area contributed by atoms with Crippen molar-refractivity contribution in [1.29, 1.82) is 0 Å². The van der Waals surface area contributed by atoms with E-state index in [1.165, 1.54) is 5.56 Å². The van der Waals surface area contributed by atoms with Gasteiger partial charge in [0.2, 0.25) is 0 Å². The third-order valence-corrected chi connectivity index (χ3v) is 4.06. The molecule has 3 rings (SSSR count). The number of nitrogens with zero attached hydrogens (tertiary/aromatic N) is 2. The molecule has 6 heteroatoms. The molecule has 25 heavy (non-hydrogen) atoms. The number of hydrogen-bond acceptors (Lipinski definition) is 4. The number of carbonyl (C=O) groups excluding carboxylic acids is 1. The topological polar surface area (TPSA) is 66.9 Å². The highest BCUT2D eigenvalue weighted by atomic mass is 79.9. The van der Waals surface area contributed by atoms with Gasteiger partial charge in [-0.05, 0) is 42.8 Å². The van der Waals surface area contributed by atoms with Gasteiger partial charge in [0.15, 0.2) is 11.5 Å². The second kappa shape index (κ2) is 7.90. The molecular formula is C19H17BrN4O. The van der Waals surface area contributed by atoms with E-state index >= 15 is 0 Å². The van der Waals surface area contributed by atoms with E-state index in [9.17, 15) is 4.79 Å². The van der Waals surface area contributed by atoms with Gasteiger partial charge in [-0.25, -0.2) is 0 Å². The summed E-state index contributed by atoms with van der Waals surface area (Å²) in [6.45, 7) is 2.49. The predicted molar refractivity (Wildman–Crippen MR) is 102 cm³/mol. The quantitative estimate of drug-likeness (QED) is 0.677. The van der Waals surface area contributed by atoms with Crippen LogP contribution in [-0.4, -0.2) is 16.1 Å². The first-order valence-corrected chi connectivity index (χ1v) is 8.59. The summed E-state index contributed by atoms with van der Waals surface area (Å²) in [5.41, 5.74) is 3.40. The lowest BCUT2D eigenvalue weighted by atomic mass is 10.1. The van der Waals surface area contributed by atoms with Crippen LogP contribution < -0.4 is 10.6 Å². The Morgan fingerprint density at radius 2 is 1.84 bits per heavy atom. The van der Waals surface area contributed by atoms with Gasteiger partial charge in [0, 0.05) is 16.7 Å². The van der Waals surface area contributed by atoms with Gasteiger partial charge in [-0.1, -0.05) is 51.8 Å². The molecule has 0 spiro atoms. The molecule has 126 valence electrons. The molecule has 3 aromatic rings. The maximum atomic E-state index is 12.2. The third kappa shape index (κ3) is 4.87. The summed E-state index contributed by atoms with van der Waals surface area (Å²) in [6, 6.07) is 19.1. The summed E-state index contributed by atoms with van der Waals surface area (Å²) in [4.78, 5) is 12.2. The minimum atomic E-state index is -0.248. The molecular weight excluding hydrogens is 380 g/mol. The molecule has 1 aromatic heterocycles. The van der Waals surface area contributed by atoms with Crippen LogP contribution in [0.3, 0.4) is 0 Å². The number of amides is 1. The Labute approximate surface area is 154 Å². The molecule has 0 unspecified atom stereocenters. The first-order valence-electron chi connectivity index (χ1n) is 7.80. The highest BCUT2D eigenvalue weighted by Crippen LogP contribution is 2.18. The van der Waals surface area contributed by atoms with Gasteiger partial charge in [0.05, 0.1) is 0 Å². The van der Waals surface area contributed by atoms with Gasteiger partial charge >= 0.3 is 0 Å². The monoisotopic (exact) mass is 396 g/mol. The number of anilines is 2. The van der Waals surface area contributed by atoms with E-state index in [0.717, 1.165) is 15.7 Å². The largest absolute Gasteiger partial charge is 0.347 e. The van der Waals surface area contributed by atoms with Gasteiger partial charge in [-0.3, -0.25) is 4.79 Å². The van der Waals surface area contributed by atoms with Crippen LogP contribution in [0.5, 0.6) is 0 Å². The minimum Gasteiger partial charge on any atom is -0.347 e. The molecule has 0 bridgehead atoms. The molecule has 1 heterocycles. The van der Waals surface area contributed by atoms with Gasteiger partial charge in [-0.15, -0.1) is 10.2 Å². The van der Waals surface area contributed by atoms with E-state index in [1.807, 2.05) is 55.5 Å². The molecule has 0 atom stereocenters. The highest BCUT2D eigenvalue weighted by molar-refractivity contribution is 9.10. The van der Waals surface area contributed by atoms with Crippen LogP contribution in [0.4, 0.5) is 11.5 Å². The van der Waals surface area contributed by atoms with E-state index in [-0.39, 0.29) is 11.6 Å². The molecule has 0 saturated heterocycles. The van der Waals surface area contributed by atoms with Crippen LogP contribution in [0.1, 0.15) is 21.6 Å². The number of rotatable bonds is 5. The number of halogens is 1. The predicted octanol–water partition coefficient (Wildman–Crippen LogP) is 4.22. The summed E-state index contributed by atoms with van der Waals surface area (Å²) in [5.74, 6) is 0.329. The number of hydrogen-bond donors (Lipinski definition) is 2. The number of nitrogens with one attached hydrogen (secondary N) is 2. The maximum absolute atomic E-state index is 12.2. The Morgan fingerprint density at radius 3 is 2.52 bits per heavy atom. The van der Waals surface area contributed by atoms with Crippen molar-refractivity contribution in [2.24, 2.45) is 0 Å². The van der Waals surface area contributed by atoms with Crippen molar-refractivity contribution in [3.05, 3.63) is 82.0 Å². The van der Waals surface area contributed by atoms with Gasteiger partial charge in [0.25, 0.3) is 5.91 Å². The zero-order valence-corrected chi connectivity index (χ0v) is 15.2. The SMILES string of the molecule is Cc1ccc(CNC(=O)c2ccc(Nc3cccc(Br)c3)nn2)cc1. The Hall–Kier alpha value is -2.73. The summed E-state index contributed by atoms with van der Waals surface area (Å²) in [5, 5.41) is 14.0. The van der Waals surface area contributed by atoms with Gasteiger partial charge in [-0.2, -0.15) is 0 Å². The third-order valence-electron chi connectivity index (χ3n) is 3.57. The van der Waals surface area contributed by atoms with Crippen LogP contribution in [0.25, 0.3) is 0 Å². The Kier molecular flexibility index (Phi) is 5.40. The van der Waals surface area contributed by atoms with Crippen molar-refractivity contribution in [3.63, 3.8) is 0 Å². The minimum absolute atomic E-state index is 0.248. The molecule has 0 aliphatic carbocycles. The van der Waals surface area contributed by atoms with Gasteiger partial charge in [0.1, 0.15) is 0 Å². The number of aromatic nitrogens is 2. The number of aryl methyl sites for hydroxylation is 1. The molecule has 0 saturated carbocycles. The Morgan fingerprint density at radius 1 is 1.04 bits per heavy atom. The fourth-order valence-corrected chi connectivity index (χ4v) is 2.61. The first kappa shape index (κ1) is 17.1. The summed E-state index contributed by atoms with van der Waals surface area (Å²) >= 11 is 3.42. The Balaban J connectivity index is 1.59. The number of carbonyl (C=O) groups is 1. The van der Waals surface area contributed by atoms with Crippen molar-refractivity contribution in [3.8, 4) is 0 Å². The summed E-state index contributed by atoms with van der Waals surface area (Å²) in [7, 11) is 0. The zero-order chi connectivity index (χ0) is 17.6. The fraction of sp³-hybridized carbons (Fsp3) is 0.105. The average molecular weight is 397 g/mol. The molecule has 2 N–H and O–H groups in total. The molecule has 0 aliphatic heterocycles. The molecule has 2 aromatic carbocycles. The summed E-state index contributed by atoms with van der Waals surface area (Å²) in [6.07, 6.45) is 0. The normalized spacial score (nSPS) is 10.3. The van der Waals surface area contributed by atoms with Crippen molar-refractivity contribution in [2.45, 2.75) is 13.5 Å². The lowest BCUT2D eigenvalue weighted by molar-refractivity contribution is 0.0945. The van der Waals surface area contributed by atoms with E-state index in [1.54, 1.807) is 12.1 Å². The average Bonchev–Trinajstić information content (AvgIpc) is 2.62. The van der Waals surface area contributed by atoms with E-state index in [4.69, 9.17) is 0 Å². The Bertz CT molecular complexity index is 863. The molecule has 0 aliphatic rings. The highest BCUT2D eigenvalue weighted by Gasteiger charge is 2.08.